The number of aryl methyl sites for hydroxylation is 1. The van der Waals surface area contributed by atoms with Crippen molar-refractivity contribution in [2.45, 2.75) is 24.1 Å². The molecular weight excluding hydrogens is 352 g/mol. The molecule has 0 unspecified atom stereocenters. The number of thiophene rings is 1. The number of aromatic nitrogens is 3. The summed E-state index contributed by atoms with van der Waals surface area (Å²) in [6.45, 7) is 2.15. The fraction of sp³-hybridized carbons (Fsp3) is 0.214. The Balaban J connectivity index is 1.70. The van der Waals surface area contributed by atoms with Gasteiger partial charge in [-0.15, -0.1) is 22.7 Å². The van der Waals surface area contributed by atoms with Crippen LogP contribution in [0.2, 0.25) is 0 Å². The smallest absolute Gasteiger partial charge is 0.250 e. The Labute approximate surface area is 142 Å². The van der Waals surface area contributed by atoms with Crippen LogP contribution >= 0.6 is 22.7 Å². The van der Waals surface area contributed by atoms with Crippen LogP contribution in [0.5, 0.6) is 0 Å². The van der Waals surface area contributed by atoms with Crippen molar-refractivity contribution in [3.63, 3.8) is 0 Å². The summed E-state index contributed by atoms with van der Waals surface area (Å²) in [5.74, 6) is 0. The molecule has 0 spiro atoms. The molecule has 9 heteroatoms. The largest absolute Gasteiger partial charge is 0.261 e. The van der Waals surface area contributed by atoms with Gasteiger partial charge >= 0.3 is 0 Å². The molecule has 23 heavy (non-hydrogen) atoms. The van der Waals surface area contributed by atoms with Gasteiger partial charge in [-0.3, -0.25) is 9.97 Å². The van der Waals surface area contributed by atoms with E-state index in [9.17, 15) is 8.42 Å². The Kier molecular flexibility index (Phi) is 4.81. The Morgan fingerprint density at radius 2 is 2.13 bits per heavy atom. The molecule has 0 aromatic carbocycles. The third kappa shape index (κ3) is 3.81. The molecule has 0 saturated carbocycles. The van der Waals surface area contributed by atoms with Gasteiger partial charge < -0.3 is 0 Å². The van der Waals surface area contributed by atoms with Crippen molar-refractivity contribution >= 4 is 32.7 Å². The maximum Gasteiger partial charge on any atom is 0.250 e. The van der Waals surface area contributed by atoms with Crippen molar-refractivity contribution in [1.82, 2.24) is 19.7 Å². The van der Waals surface area contributed by atoms with Crippen LogP contribution < -0.4 is 4.72 Å². The molecule has 0 aliphatic heterocycles. The molecule has 0 atom stereocenters. The molecule has 3 rings (SSSR count). The van der Waals surface area contributed by atoms with E-state index in [1.165, 1.54) is 22.7 Å². The van der Waals surface area contributed by atoms with Crippen LogP contribution in [0.15, 0.2) is 40.3 Å². The third-order valence-electron chi connectivity index (χ3n) is 3.03. The minimum Gasteiger partial charge on any atom is -0.261 e. The van der Waals surface area contributed by atoms with E-state index in [-0.39, 0.29) is 6.54 Å². The predicted octanol–water partition coefficient (Wildman–Crippen LogP) is 2.70. The zero-order valence-corrected chi connectivity index (χ0v) is 14.7. The first-order valence-electron chi connectivity index (χ1n) is 6.87. The topological polar surface area (TPSA) is 84.8 Å². The highest BCUT2D eigenvalue weighted by atomic mass is 32.2. The second-order valence-corrected chi connectivity index (χ2v) is 8.65. The predicted molar refractivity (Wildman–Crippen MR) is 90.9 cm³/mol. The SMILES string of the molecule is CCc1ccc(S(=O)(=O)NCc2csc(-c3cnccn3)n2)s1. The van der Waals surface area contributed by atoms with Crippen molar-refractivity contribution < 1.29 is 8.42 Å². The minimum absolute atomic E-state index is 0.151. The van der Waals surface area contributed by atoms with Gasteiger partial charge in [0.05, 0.1) is 18.4 Å². The summed E-state index contributed by atoms with van der Waals surface area (Å²) >= 11 is 2.70. The molecule has 0 fully saturated rings. The lowest BCUT2D eigenvalue weighted by molar-refractivity contribution is 0.583. The molecule has 0 aliphatic carbocycles. The maximum absolute atomic E-state index is 12.3. The highest BCUT2D eigenvalue weighted by Crippen LogP contribution is 2.23. The summed E-state index contributed by atoms with van der Waals surface area (Å²) in [5, 5.41) is 2.54. The number of nitrogens with one attached hydrogen (secondary N) is 1. The summed E-state index contributed by atoms with van der Waals surface area (Å²) in [7, 11) is -3.50. The number of hydrogen-bond donors (Lipinski definition) is 1. The van der Waals surface area contributed by atoms with Crippen molar-refractivity contribution in [2.24, 2.45) is 0 Å². The molecule has 3 aromatic heterocycles. The molecule has 3 aromatic rings. The maximum atomic E-state index is 12.3. The highest BCUT2D eigenvalue weighted by Gasteiger charge is 2.17. The number of sulfonamides is 1. The molecule has 6 nitrogen and oxygen atoms in total. The number of nitrogens with zero attached hydrogens (tertiary/aromatic N) is 3. The van der Waals surface area contributed by atoms with Crippen molar-refractivity contribution in [1.29, 1.82) is 0 Å². The lowest BCUT2D eigenvalue weighted by Gasteiger charge is -2.02. The molecule has 1 N–H and O–H groups in total. The van der Waals surface area contributed by atoms with Crippen molar-refractivity contribution in [3.05, 3.63) is 46.7 Å². The van der Waals surface area contributed by atoms with Gasteiger partial charge in [-0.25, -0.2) is 18.1 Å². The first-order chi connectivity index (χ1) is 11.1. The molecule has 0 radical (unpaired) electrons. The number of rotatable bonds is 6. The summed E-state index contributed by atoms with van der Waals surface area (Å²) < 4.78 is 27.4. The van der Waals surface area contributed by atoms with E-state index in [4.69, 9.17) is 0 Å². The van der Waals surface area contributed by atoms with Gasteiger partial charge in [0.1, 0.15) is 14.9 Å². The average molecular weight is 366 g/mol. The van der Waals surface area contributed by atoms with Crippen LogP contribution in [0.1, 0.15) is 17.5 Å². The fourth-order valence-corrected chi connectivity index (χ4v) is 4.97. The Hall–Kier alpha value is -1.68. The summed E-state index contributed by atoms with van der Waals surface area (Å²) in [4.78, 5) is 13.6. The lowest BCUT2D eigenvalue weighted by atomic mass is 10.4. The van der Waals surface area contributed by atoms with Gasteiger partial charge in [0.25, 0.3) is 0 Å². The van der Waals surface area contributed by atoms with Crippen LogP contribution in [-0.4, -0.2) is 23.4 Å². The van der Waals surface area contributed by atoms with Crippen LogP contribution in [0.4, 0.5) is 0 Å². The summed E-state index contributed by atoms with van der Waals surface area (Å²) in [6, 6.07) is 3.48. The molecular formula is C14H14N4O2S3. The van der Waals surface area contributed by atoms with Crippen LogP contribution in [0, 0.1) is 0 Å². The quantitative estimate of drug-likeness (QED) is 0.725. The van der Waals surface area contributed by atoms with E-state index in [0.29, 0.717) is 15.6 Å². The number of hydrogen-bond acceptors (Lipinski definition) is 7. The lowest BCUT2D eigenvalue weighted by Crippen LogP contribution is -2.22. The van der Waals surface area contributed by atoms with Gasteiger partial charge in [0.2, 0.25) is 10.0 Å². The van der Waals surface area contributed by atoms with E-state index in [2.05, 4.69) is 19.7 Å². The summed E-state index contributed by atoms with van der Waals surface area (Å²) in [6.07, 6.45) is 5.65. The van der Waals surface area contributed by atoms with E-state index in [0.717, 1.165) is 16.3 Å². The minimum atomic E-state index is -3.50. The van der Waals surface area contributed by atoms with Crippen LogP contribution in [0.25, 0.3) is 10.7 Å². The average Bonchev–Trinajstić information content (AvgIpc) is 3.23. The standard InChI is InChI=1S/C14H14N4O2S3/c1-2-11-3-4-13(22-11)23(19,20)17-7-10-9-21-14(18-10)12-8-15-5-6-16-12/h3-6,8-9,17H,2,7H2,1H3. The zero-order valence-electron chi connectivity index (χ0n) is 12.3. The second kappa shape index (κ2) is 6.83. The third-order valence-corrected chi connectivity index (χ3v) is 7.06. The summed E-state index contributed by atoms with van der Waals surface area (Å²) in [5.41, 5.74) is 1.34. The van der Waals surface area contributed by atoms with E-state index < -0.39 is 10.0 Å². The van der Waals surface area contributed by atoms with Gasteiger partial charge in [-0.2, -0.15) is 0 Å². The van der Waals surface area contributed by atoms with Crippen LogP contribution in [0.3, 0.4) is 0 Å². The molecule has 0 bridgehead atoms. The molecule has 0 aliphatic rings. The first kappa shape index (κ1) is 16.2. The second-order valence-electron chi connectivity index (χ2n) is 4.63. The van der Waals surface area contributed by atoms with Crippen LogP contribution in [-0.2, 0) is 23.0 Å². The van der Waals surface area contributed by atoms with Gasteiger partial charge in [0, 0.05) is 22.7 Å². The first-order valence-corrected chi connectivity index (χ1v) is 10.1. The molecule has 0 amide bonds. The molecule has 120 valence electrons. The highest BCUT2D eigenvalue weighted by molar-refractivity contribution is 7.91. The van der Waals surface area contributed by atoms with E-state index in [1.54, 1.807) is 24.7 Å². The van der Waals surface area contributed by atoms with E-state index >= 15 is 0 Å². The Bertz CT molecular complexity index is 888. The van der Waals surface area contributed by atoms with E-state index in [1.807, 2.05) is 18.4 Å². The Morgan fingerprint density at radius 3 is 2.83 bits per heavy atom. The monoisotopic (exact) mass is 366 g/mol. The zero-order chi connectivity index (χ0) is 16.3. The van der Waals surface area contributed by atoms with Gasteiger partial charge in [-0.05, 0) is 18.6 Å². The van der Waals surface area contributed by atoms with Crippen molar-refractivity contribution in [3.8, 4) is 10.7 Å². The molecule has 0 saturated heterocycles. The van der Waals surface area contributed by atoms with Crippen molar-refractivity contribution in [2.75, 3.05) is 0 Å². The van der Waals surface area contributed by atoms with Gasteiger partial charge in [0.15, 0.2) is 0 Å². The Morgan fingerprint density at radius 1 is 1.26 bits per heavy atom. The molecule has 3 heterocycles. The number of thiazole rings is 1. The van der Waals surface area contributed by atoms with Gasteiger partial charge in [-0.1, -0.05) is 6.92 Å². The normalized spacial score (nSPS) is 11.7. The fourth-order valence-electron chi connectivity index (χ4n) is 1.85.